The fourth-order valence-corrected chi connectivity index (χ4v) is 9.21. The minimum absolute atomic E-state index is 0.0152. The van der Waals surface area contributed by atoms with Gasteiger partial charge in [0.15, 0.2) is 6.29 Å². The van der Waals surface area contributed by atoms with E-state index in [-0.39, 0.29) is 34.7 Å². The number of fused-ring (bicyclic) bond motifs is 5. The van der Waals surface area contributed by atoms with Gasteiger partial charge in [-0.15, -0.1) is 0 Å². The van der Waals surface area contributed by atoms with Crippen LogP contribution in [0.1, 0.15) is 72.1 Å². The molecule has 206 valence electrons. The number of cyclic esters (lactones) is 1. The molecule has 12 atom stereocenters. The van der Waals surface area contributed by atoms with Gasteiger partial charge < -0.3 is 34.6 Å². The normalized spacial score (nSPS) is 53.5. The minimum Gasteiger partial charge on any atom is -0.458 e. The molecule has 0 radical (unpaired) electrons. The third-order valence-corrected chi connectivity index (χ3v) is 11.5. The van der Waals surface area contributed by atoms with E-state index in [1.54, 1.807) is 13.0 Å². The van der Waals surface area contributed by atoms with Gasteiger partial charge in [-0.3, -0.25) is 0 Å². The van der Waals surface area contributed by atoms with Gasteiger partial charge in [-0.2, -0.15) is 0 Å². The number of ether oxygens (including phenoxy) is 3. The van der Waals surface area contributed by atoms with Gasteiger partial charge in [-0.1, -0.05) is 25.5 Å². The second kappa shape index (κ2) is 8.86. The first-order valence-corrected chi connectivity index (χ1v) is 14.1. The monoisotopic (exact) mass is 518 g/mol. The van der Waals surface area contributed by atoms with Crippen LogP contribution in [0.2, 0.25) is 0 Å². The number of rotatable bonds is 3. The number of esters is 1. The van der Waals surface area contributed by atoms with Crippen LogP contribution < -0.4 is 0 Å². The third-order valence-electron chi connectivity index (χ3n) is 11.5. The molecule has 0 aromatic carbocycles. The molecule has 1 saturated heterocycles. The fourth-order valence-electron chi connectivity index (χ4n) is 9.21. The number of aliphatic hydroxyl groups excluding tert-OH is 3. The number of carbonyl (C=O) groups excluding carboxylic acids is 1. The Bertz CT molecular complexity index is 1010. The number of allylic oxidation sites excluding steroid dienone is 1. The van der Waals surface area contributed by atoms with Crippen LogP contribution in [-0.4, -0.2) is 75.4 Å². The average molecular weight is 519 g/mol. The lowest BCUT2D eigenvalue weighted by Crippen LogP contribution is -2.61. The molecule has 8 nitrogen and oxygen atoms in total. The molecular formula is C29H42O8. The van der Waals surface area contributed by atoms with Crippen LogP contribution in [0.4, 0.5) is 0 Å². The Morgan fingerprint density at radius 1 is 1.00 bits per heavy atom. The summed E-state index contributed by atoms with van der Waals surface area (Å²) in [6.45, 7) is 6.62. The van der Waals surface area contributed by atoms with Gasteiger partial charge in [0.05, 0.1) is 17.8 Å². The molecule has 0 bridgehead atoms. The van der Waals surface area contributed by atoms with Gasteiger partial charge in [0.1, 0.15) is 24.9 Å². The summed E-state index contributed by atoms with van der Waals surface area (Å²) in [5, 5.41) is 42.9. The molecule has 37 heavy (non-hydrogen) atoms. The van der Waals surface area contributed by atoms with Crippen LogP contribution in [0.25, 0.3) is 0 Å². The predicted molar refractivity (Wildman–Crippen MR) is 133 cm³/mol. The highest BCUT2D eigenvalue weighted by Crippen LogP contribution is 2.69. The first-order chi connectivity index (χ1) is 17.5. The Balaban J connectivity index is 1.19. The largest absolute Gasteiger partial charge is 0.458 e. The van der Waals surface area contributed by atoms with Crippen molar-refractivity contribution in [2.24, 2.45) is 28.6 Å². The summed E-state index contributed by atoms with van der Waals surface area (Å²) in [5.41, 5.74) is 1.38. The Morgan fingerprint density at radius 2 is 1.78 bits per heavy atom. The van der Waals surface area contributed by atoms with Crippen LogP contribution in [0.5, 0.6) is 0 Å². The molecule has 6 aliphatic rings. The van der Waals surface area contributed by atoms with Crippen molar-refractivity contribution < 1.29 is 39.4 Å². The SMILES string of the molecule is CC1OC(OC2CCC3(C)C(=CCC4C3CCC3(C)C(C5=CC(=O)OC5)CCC43O)C2)C(O)C(O)C1O. The molecule has 8 heteroatoms. The van der Waals surface area contributed by atoms with Gasteiger partial charge in [0.25, 0.3) is 0 Å². The van der Waals surface area contributed by atoms with E-state index in [0.717, 1.165) is 56.9 Å². The molecule has 4 N–H and O–H groups in total. The van der Waals surface area contributed by atoms with E-state index in [0.29, 0.717) is 12.5 Å². The van der Waals surface area contributed by atoms with E-state index in [2.05, 4.69) is 19.9 Å². The summed E-state index contributed by atoms with van der Waals surface area (Å²) in [6.07, 6.45) is 5.48. The number of carbonyl (C=O) groups is 1. The number of aliphatic hydroxyl groups is 4. The van der Waals surface area contributed by atoms with Crippen LogP contribution in [0.3, 0.4) is 0 Å². The molecule has 4 aliphatic carbocycles. The van der Waals surface area contributed by atoms with Crippen LogP contribution in [-0.2, 0) is 19.0 Å². The van der Waals surface area contributed by atoms with Crippen molar-refractivity contribution >= 4 is 5.97 Å². The molecule has 0 spiro atoms. The van der Waals surface area contributed by atoms with Crippen molar-refractivity contribution in [1.82, 2.24) is 0 Å². The lowest BCUT2D eigenvalue weighted by molar-refractivity contribution is -0.306. The Kier molecular flexibility index (Phi) is 6.22. The van der Waals surface area contributed by atoms with E-state index in [1.807, 2.05) is 0 Å². The van der Waals surface area contributed by atoms with Gasteiger partial charge in [0.2, 0.25) is 0 Å². The van der Waals surface area contributed by atoms with Crippen molar-refractivity contribution in [3.63, 3.8) is 0 Å². The summed E-state index contributed by atoms with van der Waals surface area (Å²) in [5.74, 6) is 0.493. The molecule has 4 fully saturated rings. The lowest BCUT2D eigenvalue weighted by atomic mass is 9.45. The molecular weight excluding hydrogens is 476 g/mol. The maximum atomic E-state index is 12.3. The highest BCUT2D eigenvalue weighted by Gasteiger charge is 2.66. The highest BCUT2D eigenvalue weighted by molar-refractivity contribution is 5.85. The minimum atomic E-state index is -1.30. The highest BCUT2D eigenvalue weighted by atomic mass is 16.7. The zero-order chi connectivity index (χ0) is 26.3. The van der Waals surface area contributed by atoms with Crippen LogP contribution in [0, 0.1) is 28.6 Å². The standard InChI is InChI=1S/C29H42O8/c1-15-23(31)24(32)25(33)26(36-15)37-18-6-9-27(2)17(13-18)4-5-21-20(27)7-10-28(3)19(8-11-29(21,28)34)16-12-22(30)35-14-16/h4,12,15,18-21,23-26,31-34H,5-11,13-14H2,1-3H3. The molecule has 2 aliphatic heterocycles. The van der Waals surface area contributed by atoms with Crippen molar-refractivity contribution in [3.8, 4) is 0 Å². The Morgan fingerprint density at radius 3 is 2.51 bits per heavy atom. The summed E-state index contributed by atoms with van der Waals surface area (Å²) in [4.78, 5) is 11.8. The molecule has 2 heterocycles. The predicted octanol–water partition coefficient (Wildman–Crippen LogP) is 2.38. The van der Waals surface area contributed by atoms with E-state index >= 15 is 0 Å². The van der Waals surface area contributed by atoms with E-state index in [9.17, 15) is 25.2 Å². The van der Waals surface area contributed by atoms with Crippen molar-refractivity contribution in [1.29, 1.82) is 0 Å². The van der Waals surface area contributed by atoms with Gasteiger partial charge in [-0.25, -0.2) is 4.79 Å². The van der Waals surface area contributed by atoms with Crippen LogP contribution >= 0.6 is 0 Å². The van der Waals surface area contributed by atoms with Gasteiger partial charge in [-0.05, 0) is 87.0 Å². The maximum Gasteiger partial charge on any atom is 0.331 e. The topological polar surface area (TPSA) is 126 Å². The average Bonchev–Trinajstić information content (AvgIpc) is 3.41. The van der Waals surface area contributed by atoms with Crippen molar-refractivity contribution in [3.05, 3.63) is 23.3 Å². The van der Waals surface area contributed by atoms with Gasteiger partial charge >= 0.3 is 5.97 Å². The molecule has 0 aromatic heterocycles. The van der Waals surface area contributed by atoms with E-state index in [1.165, 1.54) is 5.57 Å². The fraction of sp³-hybridized carbons (Fsp3) is 0.828. The van der Waals surface area contributed by atoms with E-state index < -0.39 is 36.3 Å². The van der Waals surface area contributed by atoms with E-state index in [4.69, 9.17) is 14.2 Å². The second-order valence-electron chi connectivity index (χ2n) is 13.1. The first-order valence-electron chi connectivity index (χ1n) is 14.1. The summed E-state index contributed by atoms with van der Waals surface area (Å²) < 4.78 is 17.1. The zero-order valence-corrected chi connectivity index (χ0v) is 22.1. The number of hydrogen-bond acceptors (Lipinski definition) is 8. The Labute approximate surface area is 218 Å². The zero-order valence-electron chi connectivity index (χ0n) is 22.1. The second-order valence-corrected chi connectivity index (χ2v) is 13.1. The van der Waals surface area contributed by atoms with Crippen molar-refractivity contribution in [2.75, 3.05) is 6.61 Å². The third kappa shape index (κ3) is 3.74. The summed E-state index contributed by atoms with van der Waals surface area (Å²) in [6, 6.07) is 0. The molecule has 0 amide bonds. The molecule has 3 saturated carbocycles. The lowest BCUT2D eigenvalue weighted by Gasteiger charge is -2.61. The number of hydrogen-bond donors (Lipinski definition) is 4. The quantitative estimate of drug-likeness (QED) is 0.332. The summed E-state index contributed by atoms with van der Waals surface area (Å²) in [7, 11) is 0. The Hall–Kier alpha value is -1.29. The molecule has 6 rings (SSSR count). The van der Waals surface area contributed by atoms with Crippen molar-refractivity contribution in [2.45, 2.75) is 115 Å². The smallest absolute Gasteiger partial charge is 0.331 e. The van der Waals surface area contributed by atoms with Crippen LogP contribution in [0.15, 0.2) is 23.3 Å². The summed E-state index contributed by atoms with van der Waals surface area (Å²) >= 11 is 0. The molecule has 0 aromatic rings. The van der Waals surface area contributed by atoms with Gasteiger partial charge in [0, 0.05) is 11.5 Å². The molecule has 12 unspecified atom stereocenters. The first kappa shape index (κ1) is 26.0. The maximum absolute atomic E-state index is 12.3.